The summed E-state index contributed by atoms with van der Waals surface area (Å²) in [5, 5.41) is 0. The molecule has 4 unspecified atom stereocenters. The van der Waals surface area contributed by atoms with E-state index in [9.17, 15) is 4.79 Å². The highest BCUT2D eigenvalue weighted by atomic mass is 16.1. The molecule has 4 atom stereocenters. The summed E-state index contributed by atoms with van der Waals surface area (Å²) < 4.78 is 0. The second-order valence-electron chi connectivity index (χ2n) is 12.0. The maximum Gasteiger partial charge on any atom is 0.225 e. The normalized spacial score (nSPS) is 38.6. The van der Waals surface area contributed by atoms with Crippen molar-refractivity contribution in [3.8, 4) is 0 Å². The number of carbonyl (C=O) groups excluding carboxylic acids is 1. The van der Waals surface area contributed by atoms with E-state index >= 15 is 0 Å². The van der Waals surface area contributed by atoms with Crippen LogP contribution in [0.5, 0.6) is 0 Å². The topological polar surface area (TPSA) is 52.6 Å². The Morgan fingerprint density at radius 1 is 1.00 bits per heavy atom. The molecular weight excluding hydrogens is 398 g/mol. The number of hydrogen-bond donors (Lipinski definition) is 0. The Balaban J connectivity index is 1.10. The van der Waals surface area contributed by atoms with Gasteiger partial charge in [0.15, 0.2) is 0 Å². The third-order valence-corrected chi connectivity index (χ3v) is 9.43. The first-order chi connectivity index (χ1) is 15.3. The average Bonchev–Trinajstić information content (AvgIpc) is 2.99. The van der Waals surface area contributed by atoms with Gasteiger partial charge in [0.2, 0.25) is 5.95 Å². The van der Waals surface area contributed by atoms with E-state index < -0.39 is 0 Å². The van der Waals surface area contributed by atoms with Crippen molar-refractivity contribution >= 4 is 11.7 Å². The summed E-state index contributed by atoms with van der Waals surface area (Å²) in [6, 6.07) is 3.07. The van der Waals surface area contributed by atoms with Crippen molar-refractivity contribution < 1.29 is 4.79 Å². The molecule has 0 N–H and O–H groups in total. The summed E-state index contributed by atoms with van der Waals surface area (Å²) in [5.41, 5.74) is 1.55. The summed E-state index contributed by atoms with van der Waals surface area (Å²) in [7, 11) is 0. The highest BCUT2D eigenvalue weighted by Gasteiger charge is 2.65. The van der Waals surface area contributed by atoms with Crippen LogP contribution < -0.4 is 4.90 Å². The van der Waals surface area contributed by atoms with E-state index in [4.69, 9.17) is 9.97 Å². The molecule has 174 valence electrons. The van der Waals surface area contributed by atoms with Crippen molar-refractivity contribution in [2.75, 3.05) is 18.0 Å². The van der Waals surface area contributed by atoms with E-state index in [1.165, 1.54) is 44.1 Å². The first kappa shape index (κ1) is 21.0. The lowest BCUT2D eigenvalue weighted by atomic mass is 9.56. The first-order valence-corrected chi connectivity index (χ1v) is 13.0. The van der Waals surface area contributed by atoms with Crippen molar-refractivity contribution in [3.63, 3.8) is 0 Å². The van der Waals surface area contributed by atoms with Gasteiger partial charge >= 0.3 is 0 Å². The zero-order chi connectivity index (χ0) is 22.2. The van der Waals surface area contributed by atoms with E-state index in [2.05, 4.69) is 40.9 Å². The van der Waals surface area contributed by atoms with Crippen LogP contribution in [0, 0.1) is 5.92 Å². The number of hydrogen-bond acceptors (Lipinski definition) is 6. The van der Waals surface area contributed by atoms with Gasteiger partial charge in [-0.2, -0.15) is 0 Å². The number of anilines is 1. The van der Waals surface area contributed by atoms with Gasteiger partial charge in [0.05, 0.1) is 0 Å². The van der Waals surface area contributed by atoms with Crippen LogP contribution in [-0.4, -0.2) is 74.4 Å². The number of aromatic nitrogens is 2. The van der Waals surface area contributed by atoms with Gasteiger partial charge in [0, 0.05) is 73.6 Å². The molecular formula is C26H39N5O. The van der Waals surface area contributed by atoms with Crippen molar-refractivity contribution in [3.05, 3.63) is 18.0 Å². The monoisotopic (exact) mass is 437 g/mol. The largest absolute Gasteiger partial charge is 0.332 e. The highest BCUT2D eigenvalue weighted by Crippen LogP contribution is 2.60. The van der Waals surface area contributed by atoms with Gasteiger partial charge in [-0.3, -0.25) is 14.6 Å². The Morgan fingerprint density at radius 2 is 1.59 bits per heavy atom. The van der Waals surface area contributed by atoms with Crippen LogP contribution >= 0.6 is 0 Å². The van der Waals surface area contributed by atoms with E-state index in [0.717, 1.165) is 25.5 Å². The Bertz CT molecular complexity index is 853. The molecule has 1 aromatic rings. The van der Waals surface area contributed by atoms with Gasteiger partial charge in [-0.15, -0.1) is 0 Å². The van der Waals surface area contributed by atoms with Crippen LogP contribution in [0.1, 0.15) is 84.1 Å². The molecule has 2 bridgehead atoms. The molecule has 0 radical (unpaired) electrons. The van der Waals surface area contributed by atoms with E-state index in [1.54, 1.807) is 0 Å². The smallest absolute Gasteiger partial charge is 0.225 e. The summed E-state index contributed by atoms with van der Waals surface area (Å²) in [6.07, 6.45) is 12.4. The standard InChI is InChI=1S/C26H39N5O/c1-16(2)24(32)11-26-9-22-7-18(8-23(10-26)31(22)26)19-12-27-25(28-13-19)30-20-5-6-21(30)15-29(14-20)17(3)4/h12-13,16-18,20-23H,5-11,14-15H2,1-4H3. The lowest BCUT2D eigenvalue weighted by Crippen LogP contribution is -2.80. The minimum atomic E-state index is 0.166. The number of fused-ring (bicyclic) bond motifs is 2. The van der Waals surface area contributed by atoms with Crippen LogP contribution in [0.15, 0.2) is 12.4 Å². The molecule has 6 rings (SSSR count). The minimum Gasteiger partial charge on any atom is -0.332 e. The fourth-order valence-electron chi connectivity index (χ4n) is 7.76. The van der Waals surface area contributed by atoms with Crippen molar-refractivity contribution in [2.24, 2.45) is 5.92 Å². The fourth-order valence-corrected chi connectivity index (χ4v) is 7.76. The van der Waals surface area contributed by atoms with E-state index in [-0.39, 0.29) is 11.5 Å². The number of nitrogens with zero attached hydrogens (tertiary/aromatic N) is 5. The molecule has 6 heteroatoms. The molecule has 5 saturated heterocycles. The molecule has 0 spiro atoms. The molecule has 5 aliphatic heterocycles. The van der Waals surface area contributed by atoms with Gasteiger partial charge in [-0.25, -0.2) is 9.97 Å². The Labute approximate surface area is 192 Å². The van der Waals surface area contributed by atoms with Gasteiger partial charge < -0.3 is 4.90 Å². The molecule has 5 aliphatic rings. The van der Waals surface area contributed by atoms with Crippen LogP contribution in [0.4, 0.5) is 5.95 Å². The van der Waals surface area contributed by atoms with Gasteiger partial charge in [0.1, 0.15) is 5.78 Å². The molecule has 6 heterocycles. The zero-order valence-corrected chi connectivity index (χ0v) is 20.2. The number of rotatable bonds is 6. The van der Waals surface area contributed by atoms with Crippen LogP contribution in [0.3, 0.4) is 0 Å². The lowest BCUT2D eigenvalue weighted by Gasteiger charge is -2.73. The van der Waals surface area contributed by atoms with Crippen LogP contribution in [-0.2, 0) is 4.79 Å². The number of piperazine rings is 1. The maximum absolute atomic E-state index is 12.4. The fraction of sp³-hybridized carbons (Fsp3) is 0.808. The Hall–Kier alpha value is -1.53. The summed E-state index contributed by atoms with van der Waals surface area (Å²) >= 11 is 0. The summed E-state index contributed by atoms with van der Waals surface area (Å²) in [4.78, 5) is 30.0. The molecule has 32 heavy (non-hydrogen) atoms. The third-order valence-electron chi connectivity index (χ3n) is 9.43. The van der Waals surface area contributed by atoms with Crippen LogP contribution in [0.25, 0.3) is 0 Å². The molecule has 0 saturated carbocycles. The third kappa shape index (κ3) is 3.16. The highest BCUT2D eigenvalue weighted by molar-refractivity contribution is 5.82. The van der Waals surface area contributed by atoms with Crippen LogP contribution in [0.2, 0.25) is 0 Å². The maximum atomic E-state index is 12.4. The molecule has 1 aromatic heterocycles. The predicted molar refractivity (Wildman–Crippen MR) is 126 cm³/mol. The number of carbonyl (C=O) groups is 1. The predicted octanol–water partition coefficient (Wildman–Crippen LogP) is 3.62. The minimum absolute atomic E-state index is 0.166. The number of ketones is 1. The average molecular weight is 438 g/mol. The van der Waals surface area contributed by atoms with Crippen molar-refractivity contribution in [1.82, 2.24) is 19.8 Å². The van der Waals surface area contributed by atoms with Gasteiger partial charge in [-0.1, -0.05) is 13.8 Å². The molecule has 0 aromatic carbocycles. The molecule has 5 fully saturated rings. The summed E-state index contributed by atoms with van der Waals surface area (Å²) in [5.74, 6) is 2.12. The summed E-state index contributed by atoms with van der Waals surface area (Å²) in [6.45, 7) is 11.0. The number of piperidine rings is 2. The number of Topliss-reactive ketones (excluding diaryl/α,β-unsaturated/α-hetero) is 1. The van der Waals surface area contributed by atoms with Gasteiger partial charge in [0.25, 0.3) is 0 Å². The Morgan fingerprint density at radius 3 is 2.12 bits per heavy atom. The van der Waals surface area contributed by atoms with E-state index in [1.807, 2.05) is 13.8 Å². The number of likely N-dealkylation sites (tertiary alicyclic amines) is 1. The Kier molecular flexibility index (Phi) is 4.92. The van der Waals surface area contributed by atoms with Crippen molar-refractivity contribution in [2.45, 2.75) is 114 Å². The lowest BCUT2D eigenvalue weighted by molar-refractivity contribution is -0.224. The van der Waals surface area contributed by atoms with Crippen molar-refractivity contribution in [1.29, 1.82) is 0 Å². The SMILES string of the molecule is CC(C)C(=O)CC12CC3CC(c4cnc(N5C6CCC5CN(C(C)C)C6)nc4)CC(C1)N32. The second-order valence-corrected chi connectivity index (χ2v) is 12.0. The molecule has 6 nitrogen and oxygen atoms in total. The molecule has 0 aliphatic carbocycles. The zero-order valence-electron chi connectivity index (χ0n) is 20.2. The van der Waals surface area contributed by atoms with E-state index in [0.29, 0.717) is 41.9 Å². The quantitative estimate of drug-likeness (QED) is 0.678. The first-order valence-electron chi connectivity index (χ1n) is 13.0. The molecule has 0 amide bonds. The second kappa shape index (κ2) is 7.49. The van der Waals surface area contributed by atoms with Gasteiger partial charge in [-0.05, 0) is 63.9 Å².